The molecule has 0 amide bonds. The number of likely N-dealkylation sites (N-methyl/N-ethyl adjacent to an activating group) is 4. The van der Waals surface area contributed by atoms with Crippen molar-refractivity contribution < 1.29 is 43.8 Å². The van der Waals surface area contributed by atoms with E-state index >= 15 is 0 Å². The van der Waals surface area contributed by atoms with E-state index in [-0.39, 0.29) is 32.2 Å². The summed E-state index contributed by atoms with van der Waals surface area (Å²) in [6.07, 6.45) is 17.8. The molecule has 0 bridgehead atoms. The largest absolute Gasteiger partial charge is 0.496 e. The number of piperidine rings is 4. The molecule has 25 heteroatoms. The number of para-hydroxylation sites is 5. The SMILES string of the molecule is COc1ccccc1C1CCN(c2nc(C3CC3)nc3c(C)cc(N(C)CCO)cc23)CC1.COc1ccccc1C1CCN(c2nc(C3CC3)nc3c(N(C)CCO)cccc23)CC1.COc1ccccc1C1CCN(c2nc(C3CC3)nc3cc(F)c(N(C)CCO)cc23)CC1.COc1ccccc1C1CCN(c2nc(C3CC3)nc3ccc(N(C)CCO)c(C)c23)CC1. The Morgan fingerprint density at radius 1 is 0.321 bits per heavy atom. The number of aliphatic hydroxyl groups excluding tert-OH is 4. The Bertz CT molecular complexity index is 5910. The van der Waals surface area contributed by atoms with Crippen molar-refractivity contribution >= 4 is 89.6 Å². The predicted molar refractivity (Wildman–Crippen MR) is 526 cm³/mol. The molecule has 131 heavy (non-hydrogen) atoms. The Morgan fingerprint density at radius 2 is 0.672 bits per heavy atom. The number of nitrogens with zero attached hydrogens (tertiary/aromatic N) is 16. The quantitative estimate of drug-likeness (QED) is 0.0356. The number of aryl methyl sites for hydroxylation is 2. The highest BCUT2D eigenvalue weighted by Gasteiger charge is 2.37. The average molecular weight is 1780 g/mol. The van der Waals surface area contributed by atoms with E-state index in [9.17, 15) is 24.8 Å². The molecule has 12 aromatic rings. The summed E-state index contributed by atoms with van der Waals surface area (Å²) in [7, 11) is 14.9. The number of hydrogen-bond donors (Lipinski definition) is 4. The van der Waals surface area contributed by atoms with Gasteiger partial charge in [-0.05, 0) is 240 Å². The zero-order valence-electron chi connectivity index (χ0n) is 78.1. The van der Waals surface area contributed by atoms with E-state index in [1.54, 1.807) is 40.4 Å². The number of fused-ring (bicyclic) bond motifs is 4. The third-order valence-corrected chi connectivity index (χ3v) is 28.2. The summed E-state index contributed by atoms with van der Waals surface area (Å²) in [5, 5.41) is 41.9. The molecule has 4 saturated carbocycles. The van der Waals surface area contributed by atoms with Gasteiger partial charge in [0.15, 0.2) is 0 Å². The van der Waals surface area contributed by atoms with Crippen LogP contribution in [0.3, 0.4) is 0 Å². The van der Waals surface area contributed by atoms with Gasteiger partial charge in [0.1, 0.15) is 75.4 Å². The number of rotatable bonds is 28. The molecule has 8 heterocycles. The van der Waals surface area contributed by atoms with Crippen LogP contribution < -0.4 is 58.1 Å². The summed E-state index contributed by atoms with van der Waals surface area (Å²) in [6, 6.07) is 51.9. The van der Waals surface area contributed by atoms with E-state index in [0.717, 1.165) is 241 Å². The second-order valence-corrected chi connectivity index (χ2v) is 37.1. The van der Waals surface area contributed by atoms with E-state index in [2.05, 4.69) is 157 Å². The Balaban J connectivity index is 0.000000122. The lowest BCUT2D eigenvalue weighted by Gasteiger charge is -2.34. The van der Waals surface area contributed by atoms with Crippen molar-refractivity contribution in [3.63, 3.8) is 0 Å². The minimum Gasteiger partial charge on any atom is -0.496 e. The van der Waals surface area contributed by atoms with Crippen LogP contribution in [0.4, 0.5) is 50.4 Å². The molecule has 4 N–H and O–H groups in total. The highest BCUT2D eigenvalue weighted by atomic mass is 19.1. The number of methoxy groups -OCH3 is 4. The standard InChI is InChI=1S/2C27H34N4O2.C26H31FN4O2.C26H32N4O2/c1-18-16-21(30(2)14-15-32)17-23-25(18)28-26(20-8-9-20)29-27(23)31-12-10-19(11-13-31)22-6-4-5-7-24(22)33-3;1-18-23(30(2)16-17-32)11-10-22-25(18)27(29-26(28-22)20-8-9-20)31-14-12-19(13-15-31)21-6-4-5-7-24(21)33-3;1-30(13-14-32)23-15-20-22(16-21(23)27)28-25(18-7-8-18)29-26(20)31-11-9-17(10-12-31)19-5-3-4-6-24(19)33-2;1-29(16-17-31)22-8-5-7-21-24(22)27-25(19-10-11-19)28-26(21)30-14-12-18(13-15-30)20-6-3-4-9-23(20)32-2/h4-7,16-17,19-20,32H,8-15H2,1-3H3;4-7,10-11,19-20,32H,8-9,12-17H2,1-3H3;3-6,15-18,32H,7-14H2,1-2H3;3-9,18-19,31H,10-17H2,1-2H3. The lowest BCUT2D eigenvalue weighted by molar-refractivity contribution is 0.303. The molecule has 4 aromatic heterocycles. The van der Waals surface area contributed by atoms with Crippen molar-refractivity contribution in [3.05, 3.63) is 214 Å². The Labute approximate surface area is 770 Å². The Hall–Kier alpha value is -11.5. The molecule has 4 aliphatic carbocycles. The van der Waals surface area contributed by atoms with Gasteiger partial charge in [0.25, 0.3) is 0 Å². The summed E-state index contributed by atoms with van der Waals surface area (Å²) < 4.78 is 37.4. The molecule has 8 fully saturated rings. The minimum atomic E-state index is -0.320. The number of ether oxygens (including phenoxy) is 4. The Kier molecular flexibility index (Phi) is 29.0. The molecule has 690 valence electrons. The molecule has 8 aliphatic rings. The van der Waals surface area contributed by atoms with E-state index in [1.165, 1.54) is 78.0 Å². The van der Waals surface area contributed by atoms with Gasteiger partial charge in [0.05, 0.1) is 88.3 Å². The fourth-order valence-corrected chi connectivity index (χ4v) is 20.0. The molecule has 0 unspecified atom stereocenters. The predicted octanol–water partition coefficient (Wildman–Crippen LogP) is 18.1. The van der Waals surface area contributed by atoms with Crippen molar-refractivity contribution in [2.75, 3.05) is 201 Å². The first-order valence-corrected chi connectivity index (χ1v) is 47.7. The van der Waals surface area contributed by atoms with Gasteiger partial charge >= 0.3 is 0 Å². The van der Waals surface area contributed by atoms with Crippen LogP contribution in [0.2, 0.25) is 0 Å². The first kappa shape index (κ1) is 91.4. The normalized spacial score (nSPS) is 16.9. The summed E-state index contributed by atoms with van der Waals surface area (Å²) in [6.45, 7) is 14.4. The lowest BCUT2D eigenvalue weighted by atomic mass is 9.88. The molecular weight excluding hydrogens is 1640 g/mol. The summed E-state index contributed by atoms with van der Waals surface area (Å²) in [5.41, 5.74) is 15.1. The van der Waals surface area contributed by atoms with E-state index in [1.807, 2.05) is 57.5 Å². The van der Waals surface area contributed by atoms with Crippen molar-refractivity contribution in [3.8, 4) is 23.0 Å². The maximum atomic E-state index is 14.9. The molecular formula is C106H131FN16O8. The topological polar surface area (TPSA) is 247 Å². The third-order valence-electron chi connectivity index (χ3n) is 28.2. The van der Waals surface area contributed by atoms with Gasteiger partial charge in [-0.3, -0.25) is 0 Å². The fraction of sp³-hybridized carbons (Fsp3) is 0.472. The number of hydrogen-bond acceptors (Lipinski definition) is 24. The van der Waals surface area contributed by atoms with Crippen LogP contribution in [0, 0.1) is 19.7 Å². The van der Waals surface area contributed by atoms with Crippen molar-refractivity contribution in [2.45, 2.75) is 164 Å². The van der Waals surface area contributed by atoms with Crippen molar-refractivity contribution in [2.24, 2.45) is 0 Å². The highest BCUT2D eigenvalue weighted by Crippen LogP contribution is 2.49. The van der Waals surface area contributed by atoms with Gasteiger partial charge < -0.3 is 78.6 Å². The maximum Gasteiger partial charge on any atom is 0.148 e. The number of aliphatic hydroxyl groups is 4. The summed E-state index contributed by atoms with van der Waals surface area (Å²) in [5.74, 6) is 15.4. The number of halogens is 1. The van der Waals surface area contributed by atoms with Crippen LogP contribution >= 0.6 is 0 Å². The molecule has 20 rings (SSSR count). The molecule has 4 saturated heterocycles. The van der Waals surface area contributed by atoms with E-state index < -0.39 is 0 Å². The molecule has 8 aromatic carbocycles. The van der Waals surface area contributed by atoms with Crippen LogP contribution in [-0.2, 0) is 0 Å². The van der Waals surface area contributed by atoms with Crippen LogP contribution in [0.1, 0.15) is 207 Å². The van der Waals surface area contributed by atoms with Crippen LogP contribution in [0.25, 0.3) is 43.6 Å². The van der Waals surface area contributed by atoms with Gasteiger partial charge in [0, 0.05) is 169 Å². The maximum absolute atomic E-state index is 14.9. The summed E-state index contributed by atoms with van der Waals surface area (Å²) in [4.78, 5) is 57.8. The van der Waals surface area contributed by atoms with E-state index in [4.69, 9.17) is 58.8 Å². The smallest absolute Gasteiger partial charge is 0.148 e. The molecule has 0 spiro atoms. The van der Waals surface area contributed by atoms with Gasteiger partial charge in [-0.25, -0.2) is 44.3 Å². The third kappa shape index (κ3) is 20.6. The van der Waals surface area contributed by atoms with Crippen LogP contribution in [-0.4, -0.2) is 222 Å². The van der Waals surface area contributed by atoms with Gasteiger partial charge in [0.2, 0.25) is 0 Å². The second kappa shape index (κ2) is 41.5. The molecule has 0 atom stereocenters. The molecule has 24 nitrogen and oxygen atoms in total. The highest BCUT2D eigenvalue weighted by molar-refractivity contribution is 5.99. The van der Waals surface area contributed by atoms with Gasteiger partial charge in [-0.1, -0.05) is 78.9 Å². The average Bonchev–Trinajstić information content (AvgIpc) is 1.17. The van der Waals surface area contributed by atoms with Crippen molar-refractivity contribution in [1.29, 1.82) is 0 Å². The zero-order chi connectivity index (χ0) is 90.9. The fourth-order valence-electron chi connectivity index (χ4n) is 20.0. The minimum absolute atomic E-state index is 0.0333. The number of anilines is 8. The molecule has 0 radical (unpaired) electrons. The van der Waals surface area contributed by atoms with Crippen LogP contribution in [0.15, 0.2) is 152 Å². The van der Waals surface area contributed by atoms with Crippen LogP contribution in [0.5, 0.6) is 23.0 Å². The van der Waals surface area contributed by atoms with Gasteiger partial charge in [-0.2, -0.15) is 0 Å². The molecule has 4 aliphatic heterocycles. The van der Waals surface area contributed by atoms with E-state index in [0.29, 0.717) is 84.7 Å². The monoisotopic (exact) mass is 1780 g/mol. The number of benzene rings is 8. The van der Waals surface area contributed by atoms with Crippen molar-refractivity contribution in [1.82, 2.24) is 39.9 Å². The first-order valence-electron chi connectivity index (χ1n) is 47.7. The summed E-state index contributed by atoms with van der Waals surface area (Å²) >= 11 is 0. The van der Waals surface area contributed by atoms with Gasteiger partial charge in [-0.15, -0.1) is 0 Å². The second-order valence-electron chi connectivity index (χ2n) is 37.1. The Morgan fingerprint density at radius 3 is 1.08 bits per heavy atom. The number of aromatic nitrogens is 8. The first-order chi connectivity index (χ1) is 64.0. The lowest BCUT2D eigenvalue weighted by Crippen LogP contribution is -2.34. The zero-order valence-corrected chi connectivity index (χ0v) is 78.1.